The summed E-state index contributed by atoms with van der Waals surface area (Å²) in [6.07, 6.45) is 9.49. The van der Waals surface area contributed by atoms with Crippen LogP contribution in [0, 0.1) is 5.92 Å². The summed E-state index contributed by atoms with van der Waals surface area (Å²) < 4.78 is 5.47. The standard InChI is InChI=1S/C21H30N2O2/c1-21(2,24)18-8-6-17(7-9-18)20-15-23(13-12-22-20)14-16-4-10-19(25-3)11-5-16/h6-9,12,15-16,19,24H,4-5,10-11,13-14H2,1-3H3/t16-,19-. The van der Waals surface area contributed by atoms with Gasteiger partial charge in [-0.1, -0.05) is 24.3 Å². The summed E-state index contributed by atoms with van der Waals surface area (Å²) in [4.78, 5) is 6.95. The third kappa shape index (κ3) is 4.71. The normalized spacial score (nSPS) is 24.3. The van der Waals surface area contributed by atoms with Gasteiger partial charge in [-0.25, -0.2) is 0 Å². The highest BCUT2D eigenvalue weighted by Gasteiger charge is 2.23. The number of aliphatic hydroxyl groups is 1. The molecule has 1 aliphatic heterocycles. The van der Waals surface area contributed by atoms with Crippen LogP contribution in [0.2, 0.25) is 0 Å². The summed E-state index contributed by atoms with van der Waals surface area (Å²) in [6, 6.07) is 8.06. The highest BCUT2D eigenvalue weighted by atomic mass is 16.5. The Morgan fingerprint density at radius 3 is 2.44 bits per heavy atom. The van der Waals surface area contributed by atoms with Crippen molar-refractivity contribution in [2.75, 3.05) is 20.2 Å². The van der Waals surface area contributed by atoms with E-state index in [4.69, 9.17) is 4.74 Å². The van der Waals surface area contributed by atoms with Crippen LogP contribution in [-0.4, -0.2) is 42.5 Å². The van der Waals surface area contributed by atoms with Crippen LogP contribution in [0.25, 0.3) is 5.70 Å². The Morgan fingerprint density at radius 1 is 1.16 bits per heavy atom. The summed E-state index contributed by atoms with van der Waals surface area (Å²) in [5, 5.41) is 10.1. The van der Waals surface area contributed by atoms with Crippen molar-refractivity contribution in [3.63, 3.8) is 0 Å². The molecule has 2 aliphatic rings. The lowest BCUT2D eigenvalue weighted by atomic mass is 9.87. The number of ether oxygens (including phenoxy) is 1. The van der Waals surface area contributed by atoms with Gasteiger partial charge < -0.3 is 14.7 Å². The van der Waals surface area contributed by atoms with Gasteiger partial charge in [0.1, 0.15) is 0 Å². The summed E-state index contributed by atoms with van der Waals surface area (Å²) in [5.74, 6) is 0.743. The molecular formula is C21H30N2O2. The number of methoxy groups -OCH3 is 1. The molecule has 1 fully saturated rings. The van der Waals surface area contributed by atoms with Gasteiger partial charge in [-0.2, -0.15) is 0 Å². The molecule has 0 radical (unpaired) electrons. The predicted molar refractivity (Wildman–Crippen MR) is 102 cm³/mol. The molecule has 136 valence electrons. The molecule has 25 heavy (non-hydrogen) atoms. The minimum Gasteiger partial charge on any atom is -0.386 e. The van der Waals surface area contributed by atoms with Gasteiger partial charge in [-0.05, 0) is 51.0 Å². The molecule has 1 aliphatic carbocycles. The van der Waals surface area contributed by atoms with Crippen LogP contribution in [0.1, 0.15) is 50.7 Å². The first kappa shape index (κ1) is 18.2. The second-order valence-electron chi connectivity index (χ2n) is 7.79. The summed E-state index contributed by atoms with van der Waals surface area (Å²) >= 11 is 0. The second-order valence-corrected chi connectivity index (χ2v) is 7.79. The molecule has 0 atom stereocenters. The van der Waals surface area contributed by atoms with Gasteiger partial charge in [0.2, 0.25) is 0 Å². The summed E-state index contributed by atoms with van der Waals surface area (Å²) in [6.45, 7) is 5.59. The van der Waals surface area contributed by atoms with Crippen molar-refractivity contribution < 1.29 is 9.84 Å². The van der Waals surface area contributed by atoms with Crippen LogP contribution in [0.15, 0.2) is 35.5 Å². The molecule has 4 heteroatoms. The van der Waals surface area contributed by atoms with Crippen molar-refractivity contribution in [2.24, 2.45) is 10.9 Å². The topological polar surface area (TPSA) is 45.1 Å². The number of nitrogens with zero attached hydrogens (tertiary/aromatic N) is 2. The molecule has 0 unspecified atom stereocenters. The lowest BCUT2D eigenvalue weighted by Gasteiger charge is -2.32. The Bertz CT molecular complexity index is 620. The fraction of sp³-hybridized carbons (Fsp3) is 0.571. The smallest absolute Gasteiger partial charge is 0.0857 e. The SMILES string of the molecule is CO[C@H]1CC[C@H](CN2C=C(c3ccc(C(C)(C)O)cc3)N=CC2)CC1. The number of aliphatic imine (C=N–C) groups is 1. The van der Waals surface area contributed by atoms with Crippen LogP contribution >= 0.6 is 0 Å². The van der Waals surface area contributed by atoms with Crippen LogP contribution < -0.4 is 0 Å². The highest BCUT2D eigenvalue weighted by Crippen LogP contribution is 2.28. The molecule has 0 saturated heterocycles. The predicted octanol–water partition coefficient (Wildman–Crippen LogP) is 3.80. The first-order chi connectivity index (χ1) is 12.0. The Balaban J connectivity index is 1.63. The monoisotopic (exact) mass is 342 g/mol. The van der Waals surface area contributed by atoms with E-state index in [-0.39, 0.29) is 0 Å². The van der Waals surface area contributed by atoms with Crippen molar-refractivity contribution in [3.8, 4) is 0 Å². The zero-order chi connectivity index (χ0) is 17.9. The van der Waals surface area contributed by atoms with Crippen molar-refractivity contribution in [3.05, 3.63) is 41.6 Å². The van der Waals surface area contributed by atoms with Gasteiger partial charge in [-0.15, -0.1) is 0 Å². The van der Waals surface area contributed by atoms with E-state index in [1.165, 1.54) is 25.7 Å². The molecule has 4 nitrogen and oxygen atoms in total. The van der Waals surface area contributed by atoms with Crippen LogP contribution in [0.4, 0.5) is 0 Å². The van der Waals surface area contributed by atoms with E-state index in [9.17, 15) is 5.11 Å². The van der Waals surface area contributed by atoms with Crippen LogP contribution in [0.3, 0.4) is 0 Å². The molecule has 0 aromatic heterocycles. The summed E-state index contributed by atoms with van der Waals surface area (Å²) in [5.41, 5.74) is 2.20. The molecule has 0 amide bonds. The zero-order valence-electron chi connectivity index (χ0n) is 15.6. The van der Waals surface area contributed by atoms with E-state index < -0.39 is 5.60 Å². The van der Waals surface area contributed by atoms with E-state index in [2.05, 4.69) is 16.1 Å². The average molecular weight is 342 g/mol. The van der Waals surface area contributed by atoms with Gasteiger partial charge in [-0.3, -0.25) is 4.99 Å². The zero-order valence-corrected chi connectivity index (χ0v) is 15.6. The molecule has 3 rings (SSSR count). The maximum absolute atomic E-state index is 10.1. The Kier molecular flexibility index (Phi) is 5.60. The highest BCUT2D eigenvalue weighted by molar-refractivity contribution is 5.77. The van der Waals surface area contributed by atoms with E-state index in [0.29, 0.717) is 6.10 Å². The molecule has 0 bridgehead atoms. The number of hydrogen-bond acceptors (Lipinski definition) is 4. The summed E-state index contributed by atoms with van der Waals surface area (Å²) in [7, 11) is 1.82. The Hall–Kier alpha value is -1.65. The minimum absolute atomic E-state index is 0.458. The molecule has 0 spiro atoms. The van der Waals surface area contributed by atoms with Crippen LogP contribution in [-0.2, 0) is 10.3 Å². The van der Waals surface area contributed by atoms with Gasteiger partial charge in [0, 0.05) is 31.6 Å². The van der Waals surface area contributed by atoms with Crippen molar-refractivity contribution in [2.45, 2.75) is 51.2 Å². The lowest BCUT2D eigenvalue weighted by Crippen LogP contribution is -2.32. The molecule has 1 aromatic rings. The molecule has 1 aromatic carbocycles. The van der Waals surface area contributed by atoms with Gasteiger partial charge >= 0.3 is 0 Å². The molecule has 1 N–H and O–H groups in total. The minimum atomic E-state index is -0.810. The quantitative estimate of drug-likeness (QED) is 0.885. The largest absolute Gasteiger partial charge is 0.386 e. The van der Waals surface area contributed by atoms with E-state index in [1.807, 2.05) is 37.6 Å². The molecule has 1 saturated carbocycles. The maximum Gasteiger partial charge on any atom is 0.0857 e. The fourth-order valence-electron chi connectivity index (χ4n) is 3.71. The second kappa shape index (κ2) is 7.71. The van der Waals surface area contributed by atoms with Gasteiger partial charge in [0.15, 0.2) is 0 Å². The molecule has 1 heterocycles. The van der Waals surface area contributed by atoms with E-state index in [1.54, 1.807) is 13.8 Å². The fourth-order valence-corrected chi connectivity index (χ4v) is 3.71. The Morgan fingerprint density at radius 2 is 1.84 bits per heavy atom. The van der Waals surface area contributed by atoms with Crippen LogP contribution in [0.5, 0.6) is 0 Å². The van der Waals surface area contributed by atoms with Crippen molar-refractivity contribution >= 4 is 11.9 Å². The van der Waals surface area contributed by atoms with Gasteiger partial charge in [0.25, 0.3) is 0 Å². The van der Waals surface area contributed by atoms with Crippen molar-refractivity contribution in [1.29, 1.82) is 0 Å². The average Bonchev–Trinajstić information content (AvgIpc) is 2.62. The molecular weight excluding hydrogens is 312 g/mol. The number of benzene rings is 1. The first-order valence-corrected chi connectivity index (χ1v) is 9.30. The Labute approximate surface area is 151 Å². The lowest BCUT2D eigenvalue weighted by molar-refractivity contribution is 0.0531. The number of rotatable bonds is 5. The third-order valence-electron chi connectivity index (χ3n) is 5.36. The maximum atomic E-state index is 10.1. The number of hydrogen-bond donors (Lipinski definition) is 1. The van der Waals surface area contributed by atoms with E-state index >= 15 is 0 Å². The van der Waals surface area contributed by atoms with Crippen molar-refractivity contribution in [1.82, 2.24) is 4.90 Å². The first-order valence-electron chi connectivity index (χ1n) is 9.30. The van der Waals surface area contributed by atoms with E-state index in [0.717, 1.165) is 35.8 Å². The third-order valence-corrected chi connectivity index (χ3v) is 5.36. The van der Waals surface area contributed by atoms with Gasteiger partial charge in [0.05, 0.1) is 23.9 Å².